The van der Waals surface area contributed by atoms with Crippen LogP contribution in [0.2, 0.25) is 0 Å². The summed E-state index contributed by atoms with van der Waals surface area (Å²) in [4.78, 5) is 0. The second-order valence-electron chi connectivity index (χ2n) is 7.96. The summed E-state index contributed by atoms with van der Waals surface area (Å²) in [5.41, 5.74) is 0. The van der Waals surface area contributed by atoms with Gasteiger partial charge in [0.15, 0.2) is 0 Å². The standard InChI is InChI=1S/C18H33N/c1-13(2)14-4-3-5-17(11-10-14)19-12-18(15-6-7-15)16-8-9-16/h13-19H,3-12H2,1-2H3. The molecule has 3 aliphatic rings. The lowest BCUT2D eigenvalue weighted by Gasteiger charge is -2.22. The maximum Gasteiger partial charge on any atom is 0.00672 e. The van der Waals surface area contributed by atoms with Gasteiger partial charge in [-0.05, 0) is 81.1 Å². The highest BCUT2D eigenvalue weighted by molar-refractivity contribution is 4.93. The molecule has 2 atom stereocenters. The van der Waals surface area contributed by atoms with E-state index in [1.165, 1.54) is 64.3 Å². The van der Waals surface area contributed by atoms with E-state index >= 15 is 0 Å². The van der Waals surface area contributed by atoms with Crippen LogP contribution in [0.5, 0.6) is 0 Å². The number of rotatable bonds is 6. The van der Waals surface area contributed by atoms with E-state index in [2.05, 4.69) is 19.2 Å². The van der Waals surface area contributed by atoms with Gasteiger partial charge in [0, 0.05) is 6.04 Å². The minimum absolute atomic E-state index is 0.837. The maximum atomic E-state index is 3.96. The molecule has 0 aromatic rings. The second kappa shape index (κ2) is 6.16. The van der Waals surface area contributed by atoms with Crippen molar-refractivity contribution in [1.29, 1.82) is 0 Å². The summed E-state index contributed by atoms with van der Waals surface area (Å²) in [6.45, 7) is 6.16. The van der Waals surface area contributed by atoms with E-state index in [9.17, 15) is 0 Å². The molecule has 0 amide bonds. The van der Waals surface area contributed by atoms with Crippen LogP contribution in [0.3, 0.4) is 0 Å². The van der Waals surface area contributed by atoms with Gasteiger partial charge in [-0.15, -0.1) is 0 Å². The SMILES string of the molecule is CC(C)C1CCCC(NCC(C2CC2)C2CC2)CC1. The molecule has 3 fully saturated rings. The van der Waals surface area contributed by atoms with Crippen molar-refractivity contribution < 1.29 is 0 Å². The molecule has 0 spiro atoms. The molecule has 19 heavy (non-hydrogen) atoms. The molecule has 3 aliphatic carbocycles. The average Bonchev–Trinajstić information content (AvgIpc) is 3.26. The number of hydrogen-bond donors (Lipinski definition) is 1. The minimum Gasteiger partial charge on any atom is -0.314 e. The molecule has 1 N–H and O–H groups in total. The molecule has 1 nitrogen and oxygen atoms in total. The fourth-order valence-electron chi connectivity index (χ4n) is 4.27. The Morgan fingerprint density at radius 2 is 1.42 bits per heavy atom. The molecule has 0 heterocycles. The van der Waals surface area contributed by atoms with Crippen molar-refractivity contribution in [2.75, 3.05) is 6.54 Å². The zero-order chi connectivity index (χ0) is 13.2. The van der Waals surface area contributed by atoms with Crippen molar-refractivity contribution in [3.63, 3.8) is 0 Å². The molecule has 110 valence electrons. The predicted octanol–water partition coefficient (Wildman–Crippen LogP) is 4.62. The van der Waals surface area contributed by atoms with Gasteiger partial charge in [0.1, 0.15) is 0 Å². The first kappa shape index (κ1) is 13.9. The Morgan fingerprint density at radius 1 is 0.789 bits per heavy atom. The molecule has 0 bridgehead atoms. The quantitative estimate of drug-likeness (QED) is 0.690. The monoisotopic (exact) mass is 263 g/mol. The average molecular weight is 263 g/mol. The Labute approximate surface area is 119 Å². The normalized spacial score (nSPS) is 32.8. The number of nitrogens with one attached hydrogen (secondary N) is 1. The smallest absolute Gasteiger partial charge is 0.00672 e. The van der Waals surface area contributed by atoms with Crippen molar-refractivity contribution in [3.8, 4) is 0 Å². The third-order valence-corrected chi connectivity index (χ3v) is 6.05. The van der Waals surface area contributed by atoms with Gasteiger partial charge < -0.3 is 5.32 Å². The van der Waals surface area contributed by atoms with E-state index < -0.39 is 0 Å². The number of hydrogen-bond acceptors (Lipinski definition) is 1. The first-order valence-corrected chi connectivity index (χ1v) is 8.97. The van der Waals surface area contributed by atoms with E-state index in [1.807, 2.05) is 0 Å². The van der Waals surface area contributed by atoms with Gasteiger partial charge in [0.05, 0.1) is 0 Å². The molecule has 0 aromatic heterocycles. The lowest BCUT2D eigenvalue weighted by Crippen LogP contribution is -2.34. The largest absolute Gasteiger partial charge is 0.314 e. The topological polar surface area (TPSA) is 12.0 Å². The highest BCUT2D eigenvalue weighted by Gasteiger charge is 2.41. The third-order valence-electron chi connectivity index (χ3n) is 6.05. The van der Waals surface area contributed by atoms with Crippen LogP contribution in [-0.4, -0.2) is 12.6 Å². The molecule has 0 aliphatic heterocycles. The van der Waals surface area contributed by atoms with Crippen LogP contribution in [0.15, 0.2) is 0 Å². The fraction of sp³-hybridized carbons (Fsp3) is 1.00. The van der Waals surface area contributed by atoms with Crippen molar-refractivity contribution in [3.05, 3.63) is 0 Å². The first-order chi connectivity index (χ1) is 9.24. The molecule has 3 saturated carbocycles. The van der Waals surface area contributed by atoms with Crippen LogP contribution < -0.4 is 5.32 Å². The lowest BCUT2D eigenvalue weighted by molar-refractivity contribution is 0.324. The molecular formula is C18H33N. The second-order valence-corrected chi connectivity index (χ2v) is 7.96. The van der Waals surface area contributed by atoms with Gasteiger partial charge in [0.25, 0.3) is 0 Å². The van der Waals surface area contributed by atoms with Gasteiger partial charge in [-0.3, -0.25) is 0 Å². The van der Waals surface area contributed by atoms with Crippen LogP contribution in [0.4, 0.5) is 0 Å². The van der Waals surface area contributed by atoms with Gasteiger partial charge in [0.2, 0.25) is 0 Å². The van der Waals surface area contributed by atoms with Crippen LogP contribution in [0.25, 0.3) is 0 Å². The first-order valence-electron chi connectivity index (χ1n) is 8.97. The van der Waals surface area contributed by atoms with E-state index in [0.29, 0.717) is 0 Å². The summed E-state index contributed by atoms with van der Waals surface area (Å²) < 4.78 is 0. The Bertz CT molecular complexity index is 265. The minimum atomic E-state index is 0.837. The zero-order valence-electron chi connectivity index (χ0n) is 13.0. The van der Waals surface area contributed by atoms with Crippen LogP contribution in [0, 0.1) is 29.6 Å². The van der Waals surface area contributed by atoms with Crippen LogP contribution in [0.1, 0.15) is 71.6 Å². The van der Waals surface area contributed by atoms with Gasteiger partial charge in [-0.1, -0.05) is 26.7 Å². The van der Waals surface area contributed by atoms with Crippen LogP contribution >= 0.6 is 0 Å². The van der Waals surface area contributed by atoms with Crippen LogP contribution in [-0.2, 0) is 0 Å². The Morgan fingerprint density at radius 3 is 2.00 bits per heavy atom. The summed E-state index contributed by atoms with van der Waals surface area (Å²) in [5.74, 6) is 5.14. The van der Waals surface area contributed by atoms with Gasteiger partial charge >= 0.3 is 0 Å². The fourth-order valence-corrected chi connectivity index (χ4v) is 4.27. The van der Waals surface area contributed by atoms with E-state index in [0.717, 1.165) is 35.6 Å². The van der Waals surface area contributed by atoms with E-state index in [-0.39, 0.29) is 0 Å². The Kier molecular flexibility index (Phi) is 4.51. The van der Waals surface area contributed by atoms with Crippen molar-refractivity contribution in [2.45, 2.75) is 77.7 Å². The molecular weight excluding hydrogens is 230 g/mol. The Hall–Kier alpha value is -0.0400. The molecule has 1 heteroatoms. The lowest BCUT2D eigenvalue weighted by atomic mass is 9.89. The molecule has 0 aromatic carbocycles. The van der Waals surface area contributed by atoms with Gasteiger partial charge in [-0.2, -0.15) is 0 Å². The van der Waals surface area contributed by atoms with Gasteiger partial charge in [-0.25, -0.2) is 0 Å². The molecule has 3 rings (SSSR count). The molecule has 2 unspecified atom stereocenters. The molecule has 0 saturated heterocycles. The highest BCUT2D eigenvalue weighted by atomic mass is 14.9. The van der Waals surface area contributed by atoms with E-state index in [1.54, 1.807) is 0 Å². The summed E-state index contributed by atoms with van der Waals surface area (Å²) in [5, 5.41) is 3.96. The third kappa shape index (κ3) is 3.97. The van der Waals surface area contributed by atoms with E-state index in [4.69, 9.17) is 0 Å². The Balaban J connectivity index is 1.42. The predicted molar refractivity (Wildman–Crippen MR) is 82.1 cm³/mol. The zero-order valence-corrected chi connectivity index (χ0v) is 13.0. The highest BCUT2D eigenvalue weighted by Crippen LogP contribution is 2.48. The summed E-state index contributed by atoms with van der Waals surface area (Å²) in [6.07, 6.45) is 13.4. The maximum absolute atomic E-state index is 3.96. The molecule has 0 radical (unpaired) electrons. The van der Waals surface area contributed by atoms with Crippen molar-refractivity contribution in [1.82, 2.24) is 5.32 Å². The summed E-state index contributed by atoms with van der Waals surface area (Å²) >= 11 is 0. The summed E-state index contributed by atoms with van der Waals surface area (Å²) in [6, 6.07) is 0.837. The van der Waals surface area contributed by atoms with Crippen molar-refractivity contribution >= 4 is 0 Å². The van der Waals surface area contributed by atoms with Crippen molar-refractivity contribution in [2.24, 2.45) is 29.6 Å². The summed E-state index contributed by atoms with van der Waals surface area (Å²) in [7, 11) is 0.